The Labute approximate surface area is 165 Å². The number of nitrogens with zero attached hydrogens (tertiary/aromatic N) is 2. The highest BCUT2D eigenvalue weighted by Crippen LogP contribution is 2.40. The molecule has 28 heavy (non-hydrogen) atoms. The summed E-state index contributed by atoms with van der Waals surface area (Å²) < 4.78 is 2.06. The van der Waals surface area contributed by atoms with E-state index >= 15 is 0 Å². The topological polar surface area (TPSA) is 34.9 Å². The molecule has 4 aromatic rings. The molecule has 0 atom stereocenters. The third-order valence-corrected chi connectivity index (χ3v) is 4.80. The molecule has 0 saturated heterocycles. The molecule has 0 aliphatic heterocycles. The van der Waals surface area contributed by atoms with Crippen LogP contribution in [0, 0.1) is 0 Å². The average molecular weight is 366 g/mol. The maximum Gasteiger partial charge on any atom is 0.120 e. The standard InChI is InChI=1S/C25H22N2O/c28-19-11-10-18-27-25(22-16-8-3-9-17-22)23(20-12-4-1-5-13-20)24(26-27)21-14-6-2-7-15-21/h1-9,12-17,19H,10-11,18H2. The summed E-state index contributed by atoms with van der Waals surface area (Å²) in [5.41, 5.74) is 6.55. The third kappa shape index (κ3) is 3.65. The van der Waals surface area contributed by atoms with E-state index in [1.807, 2.05) is 30.3 Å². The number of carbonyl (C=O) groups is 1. The van der Waals surface area contributed by atoms with Crippen molar-refractivity contribution in [2.45, 2.75) is 19.4 Å². The van der Waals surface area contributed by atoms with Crippen molar-refractivity contribution in [3.8, 4) is 33.6 Å². The molecule has 0 amide bonds. The van der Waals surface area contributed by atoms with Crippen molar-refractivity contribution in [2.24, 2.45) is 0 Å². The van der Waals surface area contributed by atoms with Gasteiger partial charge in [0, 0.05) is 29.7 Å². The number of aryl methyl sites for hydroxylation is 1. The molecule has 3 heteroatoms. The quantitative estimate of drug-likeness (QED) is 0.303. The smallest absolute Gasteiger partial charge is 0.120 e. The Hall–Kier alpha value is -3.46. The molecular formula is C25H22N2O. The van der Waals surface area contributed by atoms with Crippen LogP contribution < -0.4 is 0 Å². The van der Waals surface area contributed by atoms with Crippen molar-refractivity contribution in [1.82, 2.24) is 9.78 Å². The number of hydrogen-bond acceptors (Lipinski definition) is 2. The zero-order valence-corrected chi connectivity index (χ0v) is 15.7. The Bertz CT molecular complexity index is 1040. The van der Waals surface area contributed by atoms with Crippen LogP contribution in [0.1, 0.15) is 12.8 Å². The fourth-order valence-corrected chi connectivity index (χ4v) is 3.51. The van der Waals surface area contributed by atoms with Crippen molar-refractivity contribution >= 4 is 6.29 Å². The summed E-state index contributed by atoms with van der Waals surface area (Å²) in [6.07, 6.45) is 2.28. The van der Waals surface area contributed by atoms with Gasteiger partial charge in [-0.1, -0.05) is 91.0 Å². The molecule has 0 spiro atoms. The molecule has 0 bridgehead atoms. The van der Waals surface area contributed by atoms with Crippen LogP contribution in [-0.2, 0) is 11.3 Å². The van der Waals surface area contributed by atoms with Crippen molar-refractivity contribution in [3.05, 3.63) is 91.0 Å². The SMILES string of the molecule is O=CCCCn1nc(-c2ccccc2)c(-c2ccccc2)c1-c1ccccc1. The second-order valence-corrected chi connectivity index (χ2v) is 6.70. The summed E-state index contributed by atoms with van der Waals surface area (Å²) in [5.74, 6) is 0. The van der Waals surface area contributed by atoms with Gasteiger partial charge in [0.05, 0.1) is 5.69 Å². The first-order chi connectivity index (χ1) is 13.9. The lowest BCUT2D eigenvalue weighted by atomic mass is 9.96. The number of carbonyl (C=O) groups excluding carboxylic acids is 1. The lowest BCUT2D eigenvalue weighted by Gasteiger charge is -2.10. The molecule has 0 aliphatic carbocycles. The van der Waals surface area contributed by atoms with Gasteiger partial charge < -0.3 is 4.79 Å². The fourth-order valence-electron chi connectivity index (χ4n) is 3.51. The molecule has 0 fully saturated rings. The van der Waals surface area contributed by atoms with E-state index in [1.54, 1.807) is 0 Å². The molecule has 0 saturated carbocycles. The molecule has 0 unspecified atom stereocenters. The van der Waals surface area contributed by atoms with E-state index in [9.17, 15) is 4.79 Å². The summed E-state index contributed by atoms with van der Waals surface area (Å²) in [6.45, 7) is 0.704. The lowest BCUT2D eigenvalue weighted by molar-refractivity contribution is -0.107. The van der Waals surface area contributed by atoms with Gasteiger partial charge in [0.15, 0.2) is 0 Å². The maximum atomic E-state index is 10.8. The summed E-state index contributed by atoms with van der Waals surface area (Å²) in [4.78, 5) is 10.8. The zero-order chi connectivity index (χ0) is 19.2. The summed E-state index contributed by atoms with van der Waals surface area (Å²) in [7, 11) is 0. The summed E-state index contributed by atoms with van der Waals surface area (Å²) in [5, 5.41) is 5.01. The maximum absolute atomic E-state index is 10.8. The molecule has 0 radical (unpaired) electrons. The summed E-state index contributed by atoms with van der Waals surface area (Å²) in [6, 6.07) is 31.1. The molecule has 138 valence electrons. The van der Waals surface area contributed by atoms with Gasteiger partial charge in [-0.2, -0.15) is 5.10 Å². The van der Waals surface area contributed by atoms with Crippen LogP contribution in [0.2, 0.25) is 0 Å². The minimum absolute atomic E-state index is 0.537. The van der Waals surface area contributed by atoms with Crippen LogP contribution in [-0.4, -0.2) is 16.1 Å². The third-order valence-electron chi connectivity index (χ3n) is 4.80. The first-order valence-corrected chi connectivity index (χ1v) is 9.59. The van der Waals surface area contributed by atoms with E-state index in [4.69, 9.17) is 5.10 Å². The number of hydrogen-bond donors (Lipinski definition) is 0. The van der Waals surface area contributed by atoms with Gasteiger partial charge in [0.25, 0.3) is 0 Å². The Morgan fingerprint density at radius 3 is 1.82 bits per heavy atom. The van der Waals surface area contributed by atoms with Crippen LogP contribution in [0.5, 0.6) is 0 Å². The van der Waals surface area contributed by atoms with Crippen molar-refractivity contribution in [2.75, 3.05) is 0 Å². The van der Waals surface area contributed by atoms with Crippen LogP contribution in [0.25, 0.3) is 33.6 Å². The van der Waals surface area contributed by atoms with Crippen molar-refractivity contribution < 1.29 is 4.79 Å². The van der Waals surface area contributed by atoms with Gasteiger partial charge in [-0.25, -0.2) is 0 Å². The molecule has 3 nitrogen and oxygen atoms in total. The van der Waals surface area contributed by atoms with Gasteiger partial charge in [-0.15, -0.1) is 0 Å². The lowest BCUT2D eigenvalue weighted by Crippen LogP contribution is -2.03. The van der Waals surface area contributed by atoms with Gasteiger partial charge in [0.1, 0.15) is 12.0 Å². The van der Waals surface area contributed by atoms with Crippen LogP contribution >= 0.6 is 0 Å². The second kappa shape index (κ2) is 8.49. The van der Waals surface area contributed by atoms with E-state index in [-0.39, 0.29) is 0 Å². The van der Waals surface area contributed by atoms with Gasteiger partial charge in [0.2, 0.25) is 0 Å². The molecule has 0 N–H and O–H groups in total. The number of rotatable bonds is 7. The van der Waals surface area contributed by atoms with E-state index in [1.165, 1.54) is 0 Å². The minimum atomic E-state index is 0.537. The van der Waals surface area contributed by atoms with Crippen LogP contribution in [0.3, 0.4) is 0 Å². The summed E-state index contributed by atoms with van der Waals surface area (Å²) >= 11 is 0. The average Bonchev–Trinajstić information content (AvgIpc) is 3.15. The monoisotopic (exact) mass is 366 g/mol. The molecular weight excluding hydrogens is 344 g/mol. The molecule has 4 rings (SSSR count). The Morgan fingerprint density at radius 2 is 1.25 bits per heavy atom. The van der Waals surface area contributed by atoms with Gasteiger partial charge in [-0.3, -0.25) is 4.68 Å². The molecule has 3 aromatic carbocycles. The first-order valence-electron chi connectivity index (χ1n) is 9.59. The normalized spacial score (nSPS) is 10.7. The highest BCUT2D eigenvalue weighted by Gasteiger charge is 2.21. The minimum Gasteiger partial charge on any atom is -0.303 e. The number of benzene rings is 3. The van der Waals surface area contributed by atoms with Gasteiger partial charge in [-0.05, 0) is 12.0 Å². The zero-order valence-electron chi connectivity index (χ0n) is 15.7. The Morgan fingerprint density at radius 1 is 0.714 bits per heavy atom. The highest BCUT2D eigenvalue weighted by atomic mass is 16.1. The number of aldehydes is 1. The largest absolute Gasteiger partial charge is 0.303 e. The number of aromatic nitrogens is 2. The Balaban J connectivity index is 1.97. The predicted molar refractivity (Wildman–Crippen MR) is 114 cm³/mol. The van der Waals surface area contributed by atoms with E-state index in [0.29, 0.717) is 13.0 Å². The van der Waals surface area contributed by atoms with Crippen LogP contribution in [0.15, 0.2) is 91.0 Å². The Kier molecular flexibility index (Phi) is 5.43. The van der Waals surface area contributed by atoms with Crippen molar-refractivity contribution in [3.63, 3.8) is 0 Å². The fraction of sp³-hybridized carbons (Fsp3) is 0.120. The molecule has 1 aromatic heterocycles. The molecule has 1 heterocycles. The number of unbranched alkanes of at least 4 members (excludes halogenated alkanes) is 1. The van der Waals surface area contributed by atoms with E-state index in [2.05, 4.69) is 65.3 Å². The first kappa shape index (κ1) is 17.9. The van der Waals surface area contributed by atoms with Crippen molar-refractivity contribution in [1.29, 1.82) is 0 Å². The second-order valence-electron chi connectivity index (χ2n) is 6.70. The van der Waals surface area contributed by atoms with Gasteiger partial charge >= 0.3 is 0 Å². The predicted octanol–water partition coefficient (Wildman–Crippen LogP) is 5.86. The van der Waals surface area contributed by atoms with Crippen LogP contribution in [0.4, 0.5) is 0 Å². The van der Waals surface area contributed by atoms with E-state index in [0.717, 1.165) is 46.3 Å². The molecule has 0 aliphatic rings. The highest BCUT2D eigenvalue weighted by molar-refractivity contribution is 5.91. The van der Waals surface area contributed by atoms with E-state index < -0.39 is 0 Å².